The van der Waals surface area contributed by atoms with Gasteiger partial charge in [-0.3, -0.25) is 4.79 Å². The van der Waals surface area contributed by atoms with Crippen LogP contribution in [-0.4, -0.2) is 18.6 Å². The third kappa shape index (κ3) is 4.65. The molecule has 1 fully saturated rings. The van der Waals surface area contributed by atoms with E-state index in [2.05, 4.69) is 0 Å². The Morgan fingerprint density at radius 1 is 1.40 bits per heavy atom. The number of esters is 1. The summed E-state index contributed by atoms with van der Waals surface area (Å²) in [6.07, 6.45) is 7.96. The van der Waals surface area contributed by atoms with E-state index >= 15 is 0 Å². The first-order valence-electron chi connectivity index (χ1n) is 6.16. The Morgan fingerprint density at radius 2 is 2.07 bits per heavy atom. The van der Waals surface area contributed by atoms with Crippen LogP contribution in [0.5, 0.6) is 0 Å². The van der Waals surface area contributed by atoms with Gasteiger partial charge in [-0.2, -0.15) is 0 Å². The van der Waals surface area contributed by atoms with Crippen molar-refractivity contribution >= 4 is 5.97 Å². The first kappa shape index (κ1) is 12.5. The maximum absolute atomic E-state index is 11.4. The molecule has 0 aliphatic heterocycles. The minimum Gasteiger partial charge on any atom is -0.464 e. The maximum atomic E-state index is 11.4. The van der Waals surface area contributed by atoms with E-state index < -0.39 is 6.04 Å². The lowest BCUT2D eigenvalue weighted by Crippen LogP contribution is -2.33. The van der Waals surface area contributed by atoms with Gasteiger partial charge in [0.15, 0.2) is 0 Å². The van der Waals surface area contributed by atoms with Crippen LogP contribution in [0.3, 0.4) is 0 Å². The van der Waals surface area contributed by atoms with Crippen molar-refractivity contribution in [2.45, 2.75) is 57.9 Å². The van der Waals surface area contributed by atoms with Crippen molar-refractivity contribution in [3.63, 3.8) is 0 Å². The van der Waals surface area contributed by atoms with Crippen molar-refractivity contribution < 1.29 is 9.53 Å². The Balaban J connectivity index is 2.14. The molecule has 0 amide bonds. The van der Waals surface area contributed by atoms with E-state index in [0.717, 1.165) is 12.8 Å². The average molecular weight is 213 g/mol. The molecule has 1 aliphatic rings. The number of hydrogen-bond acceptors (Lipinski definition) is 3. The van der Waals surface area contributed by atoms with Crippen LogP contribution in [0.15, 0.2) is 0 Å². The molecule has 88 valence electrons. The molecular formula is C12H23NO2. The quantitative estimate of drug-likeness (QED) is 0.712. The van der Waals surface area contributed by atoms with Crippen molar-refractivity contribution in [3.8, 4) is 0 Å². The van der Waals surface area contributed by atoms with Crippen LogP contribution in [0.25, 0.3) is 0 Å². The highest BCUT2D eigenvalue weighted by molar-refractivity contribution is 5.75. The minimum atomic E-state index is -0.418. The zero-order valence-corrected chi connectivity index (χ0v) is 9.71. The molecule has 3 nitrogen and oxygen atoms in total. The van der Waals surface area contributed by atoms with Gasteiger partial charge in [0, 0.05) is 0 Å². The Labute approximate surface area is 92.4 Å². The van der Waals surface area contributed by atoms with Crippen LogP contribution in [-0.2, 0) is 9.53 Å². The second kappa shape index (κ2) is 6.83. The smallest absolute Gasteiger partial charge is 0.322 e. The summed E-state index contributed by atoms with van der Waals surface area (Å²) >= 11 is 0. The number of hydrogen-bond donors (Lipinski definition) is 1. The Bertz CT molecular complexity index is 188. The fraction of sp³-hybridized carbons (Fsp3) is 0.917. The molecule has 0 aromatic rings. The topological polar surface area (TPSA) is 52.3 Å². The fourth-order valence-electron chi connectivity index (χ4n) is 2.09. The van der Waals surface area contributed by atoms with E-state index in [1.807, 2.05) is 6.92 Å². The van der Waals surface area contributed by atoms with Gasteiger partial charge < -0.3 is 10.5 Å². The maximum Gasteiger partial charge on any atom is 0.322 e. The minimum absolute atomic E-state index is 0.220. The molecule has 1 aliphatic carbocycles. The van der Waals surface area contributed by atoms with Gasteiger partial charge in [-0.15, -0.1) is 0 Å². The van der Waals surface area contributed by atoms with Gasteiger partial charge in [-0.1, -0.05) is 32.6 Å². The van der Waals surface area contributed by atoms with Crippen molar-refractivity contribution in [1.29, 1.82) is 0 Å². The van der Waals surface area contributed by atoms with Gasteiger partial charge in [0.1, 0.15) is 6.04 Å². The van der Waals surface area contributed by atoms with Crippen LogP contribution in [0.4, 0.5) is 0 Å². The Hall–Kier alpha value is -0.570. The first-order valence-corrected chi connectivity index (χ1v) is 6.16. The largest absolute Gasteiger partial charge is 0.464 e. The van der Waals surface area contributed by atoms with Gasteiger partial charge in [-0.25, -0.2) is 0 Å². The van der Waals surface area contributed by atoms with Crippen LogP contribution in [0.1, 0.15) is 51.9 Å². The molecule has 1 rings (SSSR count). The summed E-state index contributed by atoms with van der Waals surface area (Å²) in [6.45, 7) is 2.60. The van der Waals surface area contributed by atoms with E-state index in [-0.39, 0.29) is 5.97 Å². The molecule has 0 heterocycles. The lowest BCUT2D eigenvalue weighted by Gasteiger charge is -2.21. The monoisotopic (exact) mass is 213 g/mol. The highest BCUT2D eigenvalue weighted by Gasteiger charge is 2.18. The summed E-state index contributed by atoms with van der Waals surface area (Å²) in [4.78, 5) is 11.4. The van der Waals surface area contributed by atoms with Gasteiger partial charge in [0.2, 0.25) is 0 Å². The standard InChI is InChI=1S/C12H23NO2/c1-2-6-11(13)12(14)15-9-10-7-4-3-5-8-10/h10-11H,2-9,13H2,1H3/t11-/m1/s1. The molecule has 0 bridgehead atoms. The highest BCUT2D eigenvalue weighted by atomic mass is 16.5. The Morgan fingerprint density at radius 3 is 2.67 bits per heavy atom. The van der Waals surface area contributed by atoms with Crippen molar-refractivity contribution in [1.82, 2.24) is 0 Å². The first-order chi connectivity index (χ1) is 7.24. The molecule has 1 atom stereocenters. The van der Waals surface area contributed by atoms with E-state index in [1.54, 1.807) is 0 Å². The number of carbonyl (C=O) groups excluding carboxylic acids is 1. The van der Waals surface area contributed by atoms with E-state index in [4.69, 9.17) is 10.5 Å². The van der Waals surface area contributed by atoms with Crippen molar-refractivity contribution in [3.05, 3.63) is 0 Å². The second-order valence-electron chi connectivity index (χ2n) is 4.53. The number of carbonyl (C=O) groups is 1. The van der Waals surface area contributed by atoms with E-state index in [0.29, 0.717) is 12.5 Å². The molecule has 3 heteroatoms. The summed E-state index contributed by atoms with van der Waals surface area (Å²) < 4.78 is 5.23. The van der Waals surface area contributed by atoms with Crippen molar-refractivity contribution in [2.75, 3.05) is 6.61 Å². The average Bonchev–Trinajstić information content (AvgIpc) is 2.27. The molecular weight excluding hydrogens is 190 g/mol. The normalized spacial score (nSPS) is 19.9. The number of ether oxygens (including phenoxy) is 1. The third-order valence-electron chi connectivity index (χ3n) is 3.09. The molecule has 0 saturated heterocycles. The summed E-state index contributed by atoms with van der Waals surface area (Å²) in [5, 5.41) is 0. The van der Waals surface area contributed by atoms with E-state index in [1.165, 1.54) is 32.1 Å². The van der Waals surface area contributed by atoms with Gasteiger partial charge in [0.25, 0.3) is 0 Å². The number of rotatable bonds is 5. The summed E-state index contributed by atoms with van der Waals surface area (Å²) in [5.41, 5.74) is 5.67. The SMILES string of the molecule is CCC[C@@H](N)C(=O)OCC1CCCCC1. The lowest BCUT2D eigenvalue weighted by molar-refractivity contribution is -0.147. The van der Waals surface area contributed by atoms with Gasteiger partial charge in [-0.05, 0) is 25.2 Å². The van der Waals surface area contributed by atoms with Crippen LogP contribution in [0.2, 0.25) is 0 Å². The van der Waals surface area contributed by atoms with Crippen LogP contribution in [0, 0.1) is 5.92 Å². The molecule has 0 spiro atoms. The van der Waals surface area contributed by atoms with Crippen LogP contribution < -0.4 is 5.73 Å². The van der Waals surface area contributed by atoms with Crippen LogP contribution >= 0.6 is 0 Å². The highest BCUT2D eigenvalue weighted by Crippen LogP contribution is 2.23. The van der Waals surface area contributed by atoms with Gasteiger partial charge >= 0.3 is 5.97 Å². The Kier molecular flexibility index (Phi) is 5.69. The summed E-state index contributed by atoms with van der Waals surface area (Å²) in [5.74, 6) is 0.360. The summed E-state index contributed by atoms with van der Waals surface area (Å²) in [6, 6.07) is -0.418. The second-order valence-corrected chi connectivity index (χ2v) is 4.53. The lowest BCUT2D eigenvalue weighted by atomic mass is 9.90. The predicted octanol–water partition coefficient (Wildman–Crippen LogP) is 2.24. The zero-order valence-electron chi connectivity index (χ0n) is 9.71. The molecule has 0 radical (unpaired) electrons. The predicted molar refractivity (Wildman–Crippen MR) is 60.4 cm³/mol. The van der Waals surface area contributed by atoms with Gasteiger partial charge in [0.05, 0.1) is 6.61 Å². The molecule has 0 aromatic heterocycles. The number of nitrogens with two attached hydrogens (primary N) is 1. The molecule has 0 unspecified atom stereocenters. The summed E-state index contributed by atoms with van der Waals surface area (Å²) in [7, 11) is 0. The molecule has 15 heavy (non-hydrogen) atoms. The zero-order chi connectivity index (χ0) is 11.1. The molecule has 1 saturated carbocycles. The molecule has 0 aromatic carbocycles. The van der Waals surface area contributed by atoms with E-state index in [9.17, 15) is 4.79 Å². The molecule has 2 N–H and O–H groups in total. The van der Waals surface area contributed by atoms with Crippen molar-refractivity contribution in [2.24, 2.45) is 11.7 Å². The fourth-order valence-corrected chi connectivity index (χ4v) is 2.09. The third-order valence-corrected chi connectivity index (χ3v) is 3.09.